The van der Waals surface area contributed by atoms with Crippen LogP contribution >= 0.6 is 0 Å². The van der Waals surface area contributed by atoms with Crippen LogP contribution in [0.3, 0.4) is 0 Å². The third kappa shape index (κ3) is 4.35. The predicted molar refractivity (Wildman–Crippen MR) is 128 cm³/mol. The van der Waals surface area contributed by atoms with Gasteiger partial charge in [-0.3, -0.25) is 14.5 Å². The Hall–Kier alpha value is -3.50. The number of carbonyl (C=O) groups is 3. The molecular formula is C24H32N8O3. The molecule has 3 fully saturated rings. The number of nitrogens with zero attached hydrogens (tertiary/aromatic N) is 7. The minimum absolute atomic E-state index is 0.0495. The van der Waals surface area contributed by atoms with E-state index in [1.165, 1.54) is 0 Å². The van der Waals surface area contributed by atoms with Crippen LogP contribution in [0.2, 0.25) is 0 Å². The lowest BCUT2D eigenvalue weighted by atomic mass is 9.64. The zero-order valence-electron chi connectivity index (χ0n) is 20.5. The molecular weight excluding hydrogens is 448 g/mol. The molecule has 3 heterocycles. The maximum Gasteiger partial charge on any atom is 0.325 e. The lowest BCUT2D eigenvalue weighted by molar-refractivity contribution is -0.141. The number of imide groups is 1. The Kier molecular flexibility index (Phi) is 5.72. The van der Waals surface area contributed by atoms with Gasteiger partial charge in [-0.1, -0.05) is 44.1 Å². The van der Waals surface area contributed by atoms with E-state index in [1.54, 1.807) is 9.58 Å². The largest absolute Gasteiger partial charge is 0.338 e. The van der Waals surface area contributed by atoms with Crippen LogP contribution < -0.4 is 10.2 Å². The fourth-order valence-electron chi connectivity index (χ4n) is 6.16. The molecule has 2 aliphatic heterocycles. The monoisotopic (exact) mass is 480 g/mol. The summed E-state index contributed by atoms with van der Waals surface area (Å²) in [6.45, 7) is 8.16. The van der Waals surface area contributed by atoms with E-state index in [0.29, 0.717) is 50.9 Å². The second-order valence-corrected chi connectivity index (χ2v) is 10.9. The molecule has 0 radical (unpaired) electrons. The van der Waals surface area contributed by atoms with Gasteiger partial charge in [0.25, 0.3) is 5.91 Å². The van der Waals surface area contributed by atoms with Crippen molar-refractivity contribution in [3.05, 3.63) is 30.3 Å². The third-order valence-corrected chi connectivity index (χ3v) is 7.29. The Morgan fingerprint density at radius 3 is 2.49 bits per heavy atom. The van der Waals surface area contributed by atoms with Crippen LogP contribution in [0.4, 0.5) is 10.7 Å². The molecule has 2 unspecified atom stereocenters. The van der Waals surface area contributed by atoms with Gasteiger partial charge in [0.2, 0.25) is 11.9 Å². The number of amides is 4. The number of anilines is 1. The van der Waals surface area contributed by atoms with Crippen molar-refractivity contribution in [2.24, 2.45) is 11.3 Å². The quantitative estimate of drug-likeness (QED) is 0.659. The minimum atomic E-state index is -0.897. The van der Waals surface area contributed by atoms with Crippen LogP contribution in [0.5, 0.6) is 0 Å². The van der Waals surface area contributed by atoms with Crippen molar-refractivity contribution in [1.29, 1.82) is 0 Å². The van der Waals surface area contributed by atoms with E-state index in [9.17, 15) is 14.4 Å². The highest BCUT2D eigenvalue weighted by Gasteiger charge is 2.56. The van der Waals surface area contributed by atoms with Gasteiger partial charge >= 0.3 is 6.03 Å². The maximum atomic E-state index is 13.4. The molecule has 1 aliphatic carbocycles. The Labute approximate surface area is 204 Å². The fourth-order valence-corrected chi connectivity index (χ4v) is 6.16. The van der Waals surface area contributed by atoms with E-state index in [0.717, 1.165) is 17.0 Å². The van der Waals surface area contributed by atoms with Gasteiger partial charge in [0.15, 0.2) is 0 Å². The molecule has 2 aromatic rings. The molecule has 11 nitrogen and oxygen atoms in total. The van der Waals surface area contributed by atoms with Crippen LogP contribution in [0.25, 0.3) is 5.69 Å². The Bertz CT molecular complexity index is 1120. The highest BCUT2D eigenvalue weighted by atomic mass is 16.2. The molecule has 3 aliphatic rings. The van der Waals surface area contributed by atoms with Gasteiger partial charge < -0.3 is 15.1 Å². The first-order valence-corrected chi connectivity index (χ1v) is 12.2. The number of nitrogens with one attached hydrogen (secondary N) is 1. The number of urea groups is 1. The topological polar surface area (TPSA) is 117 Å². The molecule has 5 rings (SSSR count). The van der Waals surface area contributed by atoms with Crippen LogP contribution in [-0.4, -0.2) is 86.1 Å². The molecule has 186 valence electrons. The summed E-state index contributed by atoms with van der Waals surface area (Å²) < 4.78 is 1.68. The average Bonchev–Trinajstić information content (AvgIpc) is 3.38. The molecule has 1 aromatic heterocycles. The highest BCUT2D eigenvalue weighted by Crippen LogP contribution is 2.46. The zero-order chi connectivity index (χ0) is 24.8. The van der Waals surface area contributed by atoms with Gasteiger partial charge in [-0.05, 0) is 53.2 Å². The van der Waals surface area contributed by atoms with Crippen LogP contribution in [-0.2, 0) is 9.59 Å². The molecule has 2 saturated heterocycles. The SMILES string of the molecule is CC1CC(C)(C)CC2(C1)NC(=O)N(CC(=O)N1CCN(c3nnnn3-c3ccccc3)CC1)C2=O. The van der Waals surface area contributed by atoms with E-state index in [-0.39, 0.29) is 23.8 Å². The van der Waals surface area contributed by atoms with E-state index in [4.69, 9.17) is 0 Å². The van der Waals surface area contributed by atoms with Gasteiger partial charge in [-0.15, -0.1) is 0 Å². The van der Waals surface area contributed by atoms with Crippen molar-refractivity contribution in [2.45, 2.75) is 45.6 Å². The molecule has 11 heteroatoms. The van der Waals surface area contributed by atoms with Crippen LogP contribution in [0, 0.1) is 11.3 Å². The smallest absolute Gasteiger partial charge is 0.325 e. The molecule has 0 bridgehead atoms. The van der Waals surface area contributed by atoms with Crippen molar-refractivity contribution in [3.8, 4) is 5.69 Å². The number of aromatic nitrogens is 4. The first-order chi connectivity index (χ1) is 16.7. The summed E-state index contributed by atoms with van der Waals surface area (Å²) in [5.74, 6) is 0.444. The molecule has 35 heavy (non-hydrogen) atoms. The lowest BCUT2D eigenvalue weighted by Gasteiger charge is -2.43. The number of piperazine rings is 1. The van der Waals surface area contributed by atoms with Gasteiger partial charge in [-0.2, -0.15) is 4.68 Å². The normalized spacial score (nSPS) is 26.4. The van der Waals surface area contributed by atoms with Gasteiger partial charge in [0, 0.05) is 26.2 Å². The minimum Gasteiger partial charge on any atom is -0.338 e. The first kappa shape index (κ1) is 23.3. The van der Waals surface area contributed by atoms with Gasteiger partial charge in [0.1, 0.15) is 12.1 Å². The lowest BCUT2D eigenvalue weighted by Crippen LogP contribution is -2.55. The second-order valence-electron chi connectivity index (χ2n) is 10.9. The summed E-state index contributed by atoms with van der Waals surface area (Å²) in [5.41, 5.74) is -0.0867. The second kappa shape index (κ2) is 8.62. The summed E-state index contributed by atoms with van der Waals surface area (Å²) in [5, 5.41) is 15.0. The summed E-state index contributed by atoms with van der Waals surface area (Å²) in [7, 11) is 0. The molecule has 2 atom stereocenters. The summed E-state index contributed by atoms with van der Waals surface area (Å²) in [6, 6.07) is 9.17. The fraction of sp³-hybridized carbons (Fsp3) is 0.583. The molecule has 1 saturated carbocycles. The van der Waals surface area contributed by atoms with E-state index >= 15 is 0 Å². The van der Waals surface area contributed by atoms with E-state index < -0.39 is 11.6 Å². The van der Waals surface area contributed by atoms with Crippen molar-refractivity contribution in [3.63, 3.8) is 0 Å². The maximum absolute atomic E-state index is 13.4. The Morgan fingerprint density at radius 1 is 1.09 bits per heavy atom. The van der Waals surface area contributed by atoms with Crippen molar-refractivity contribution in [1.82, 2.24) is 35.3 Å². The molecule has 4 amide bonds. The molecule has 1 aromatic carbocycles. The summed E-state index contributed by atoms with van der Waals surface area (Å²) in [4.78, 5) is 44.0. The van der Waals surface area contributed by atoms with Crippen LogP contribution in [0.15, 0.2) is 30.3 Å². The van der Waals surface area contributed by atoms with E-state index in [1.807, 2.05) is 35.2 Å². The number of rotatable bonds is 4. The van der Waals surface area contributed by atoms with E-state index in [2.05, 4.69) is 41.6 Å². The zero-order valence-corrected chi connectivity index (χ0v) is 20.5. The number of hydrogen-bond donors (Lipinski definition) is 1. The van der Waals surface area contributed by atoms with Gasteiger partial charge in [0.05, 0.1) is 5.69 Å². The predicted octanol–water partition coefficient (Wildman–Crippen LogP) is 1.45. The van der Waals surface area contributed by atoms with Crippen molar-refractivity contribution < 1.29 is 14.4 Å². The van der Waals surface area contributed by atoms with Crippen LogP contribution in [0.1, 0.15) is 40.0 Å². The summed E-state index contributed by atoms with van der Waals surface area (Å²) in [6.07, 6.45) is 2.21. The number of tetrazole rings is 1. The number of benzene rings is 1. The Morgan fingerprint density at radius 2 is 1.80 bits per heavy atom. The first-order valence-electron chi connectivity index (χ1n) is 12.2. The van der Waals surface area contributed by atoms with Crippen molar-refractivity contribution >= 4 is 23.8 Å². The number of para-hydroxylation sites is 1. The van der Waals surface area contributed by atoms with Crippen molar-refractivity contribution in [2.75, 3.05) is 37.6 Å². The molecule has 1 N–H and O–H groups in total. The average molecular weight is 481 g/mol. The number of hydrogen-bond acceptors (Lipinski definition) is 7. The Balaban J connectivity index is 1.22. The number of carbonyl (C=O) groups excluding carboxylic acids is 3. The third-order valence-electron chi connectivity index (χ3n) is 7.29. The molecule has 1 spiro atoms. The highest BCUT2D eigenvalue weighted by molar-refractivity contribution is 6.09. The van der Waals surface area contributed by atoms with Gasteiger partial charge in [-0.25, -0.2) is 4.79 Å². The summed E-state index contributed by atoms with van der Waals surface area (Å²) >= 11 is 0. The standard InChI is InChI=1S/C24H32N8O3/c1-17-13-23(2,3)16-24(14-17)20(34)31(22(35)25-24)15-19(33)29-9-11-30(12-10-29)21-26-27-28-32(21)18-7-5-4-6-8-18/h4-8,17H,9-16H2,1-3H3,(H,25,35).